The molecule has 0 aliphatic heterocycles. The van der Waals surface area contributed by atoms with Gasteiger partial charge in [0.1, 0.15) is 0 Å². The zero-order valence-corrected chi connectivity index (χ0v) is 20.7. The lowest BCUT2D eigenvalue weighted by Crippen LogP contribution is -2.37. The topological polar surface area (TPSA) is 12.0 Å². The summed E-state index contributed by atoms with van der Waals surface area (Å²) < 4.78 is 0. The van der Waals surface area contributed by atoms with Gasteiger partial charge in [-0.1, -0.05) is 121 Å². The van der Waals surface area contributed by atoms with Gasteiger partial charge in [0.25, 0.3) is 0 Å². The number of halogens is 1. The summed E-state index contributed by atoms with van der Waals surface area (Å²) >= 11 is 0. The molecule has 0 saturated carbocycles. The van der Waals surface area contributed by atoms with E-state index in [1.807, 2.05) is 0 Å². The van der Waals surface area contributed by atoms with Crippen LogP contribution in [0.15, 0.2) is 30.3 Å². The van der Waals surface area contributed by atoms with Crippen LogP contribution >= 0.6 is 24.0 Å². The van der Waals surface area contributed by atoms with Gasteiger partial charge in [0.2, 0.25) is 0 Å². The quantitative estimate of drug-likeness (QED) is 0.171. The van der Waals surface area contributed by atoms with Crippen molar-refractivity contribution in [3.8, 4) is 0 Å². The predicted molar refractivity (Wildman–Crippen MR) is 133 cm³/mol. The van der Waals surface area contributed by atoms with Gasteiger partial charge in [0.05, 0.1) is 0 Å². The number of hydrogen-bond acceptors (Lipinski definition) is 1. The van der Waals surface area contributed by atoms with Crippen molar-refractivity contribution in [3.05, 3.63) is 35.9 Å². The molecule has 0 heterocycles. The van der Waals surface area contributed by atoms with E-state index in [0.29, 0.717) is 0 Å². The van der Waals surface area contributed by atoms with E-state index in [2.05, 4.69) is 56.4 Å². The Morgan fingerprint density at radius 2 is 1.04 bits per heavy atom. The lowest BCUT2D eigenvalue weighted by atomic mass is 9.94. The van der Waals surface area contributed by atoms with Crippen LogP contribution in [-0.4, -0.2) is 6.54 Å². The average molecular weight is 488 g/mol. The van der Waals surface area contributed by atoms with E-state index in [0.717, 1.165) is 6.54 Å². The Labute approximate surface area is 187 Å². The highest BCUT2D eigenvalue weighted by molar-refractivity contribution is 14.0. The fraction of sp³-hybridized carbons (Fsp3) is 0.760. The molecule has 0 radical (unpaired) electrons. The minimum Gasteiger partial charge on any atom is -0.308 e. The fourth-order valence-corrected chi connectivity index (χ4v) is 3.68. The van der Waals surface area contributed by atoms with Gasteiger partial charge in [-0.05, 0) is 32.4 Å². The average Bonchev–Trinajstić information content (AvgIpc) is 2.65. The molecule has 0 unspecified atom stereocenters. The summed E-state index contributed by atoms with van der Waals surface area (Å²) in [6.45, 7) is 7.99. The summed E-state index contributed by atoms with van der Waals surface area (Å²) in [5, 5.41) is 3.72. The van der Waals surface area contributed by atoms with E-state index in [4.69, 9.17) is 0 Å². The van der Waals surface area contributed by atoms with Gasteiger partial charge in [-0.3, -0.25) is 0 Å². The summed E-state index contributed by atoms with van der Waals surface area (Å²) in [6, 6.07) is 10.8. The number of nitrogens with one attached hydrogen (secondary N) is 1. The Kier molecular flexibility index (Phi) is 17.9. The molecule has 0 aliphatic carbocycles. The highest BCUT2D eigenvalue weighted by Gasteiger charge is 2.18. The van der Waals surface area contributed by atoms with Crippen molar-refractivity contribution in [1.82, 2.24) is 5.32 Å². The van der Waals surface area contributed by atoms with Gasteiger partial charge in [0, 0.05) is 5.54 Å². The first-order valence-corrected chi connectivity index (χ1v) is 11.5. The second-order valence-electron chi connectivity index (χ2n) is 8.51. The van der Waals surface area contributed by atoms with Crippen LogP contribution < -0.4 is 5.32 Å². The molecule has 27 heavy (non-hydrogen) atoms. The maximum Gasteiger partial charge on any atom is 0.0377 e. The van der Waals surface area contributed by atoms with E-state index < -0.39 is 0 Å². The van der Waals surface area contributed by atoms with Crippen molar-refractivity contribution in [1.29, 1.82) is 0 Å². The Balaban J connectivity index is 0.00000676. The Morgan fingerprint density at radius 3 is 1.48 bits per heavy atom. The third-order valence-electron chi connectivity index (χ3n) is 5.59. The molecule has 1 rings (SSSR count). The van der Waals surface area contributed by atoms with Gasteiger partial charge < -0.3 is 5.32 Å². The first kappa shape index (κ1) is 26.9. The maximum atomic E-state index is 3.72. The van der Waals surface area contributed by atoms with Gasteiger partial charge >= 0.3 is 0 Å². The first-order valence-electron chi connectivity index (χ1n) is 11.5. The van der Waals surface area contributed by atoms with Crippen molar-refractivity contribution in [2.75, 3.05) is 6.54 Å². The summed E-state index contributed by atoms with van der Waals surface area (Å²) in [6.07, 6.45) is 20.0. The minimum atomic E-state index is 0. The number of benzene rings is 1. The molecule has 158 valence electrons. The first-order chi connectivity index (χ1) is 12.7. The van der Waals surface area contributed by atoms with Gasteiger partial charge in [-0.15, -0.1) is 24.0 Å². The second-order valence-corrected chi connectivity index (χ2v) is 8.51. The Morgan fingerprint density at radius 1 is 0.630 bits per heavy atom. The molecule has 0 bridgehead atoms. The molecule has 0 fully saturated rings. The predicted octanol–water partition coefficient (Wildman–Crippen LogP) is 8.61. The SMILES string of the molecule is CCCCCCCCCCCCCCCCNC(C)(C)c1ccccc1.I. The number of hydrogen-bond donors (Lipinski definition) is 1. The smallest absolute Gasteiger partial charge is 0.0377 e. The molecule has 0 aliphatic rings. The molecule has 1 N–H and O–H groups in total. The minimum absolute atomic E-state index is 0. The van der Waals surface area contributed by atoms with E-state index >= 15 is 0 Å². The molecule has 0 aromatic heterocycles. The molecule has 0 amide bonds. The lowest BCUT2D eigenvalue weighted by Gasteiger charge is -2.27. The van der Waals surface area contributed by atoms with Gasteiger partial charge in [-0.25, -0.2) is 0 Å². The van der Waals surface area contributed by atoms with Crippen molar-refractivity contribution in [2.45, 2.75) is 116 Å². The number of unbranched alkanes of at least 4 members (excludes halogenated alkanes) is 13. The van der Waals surface area contributed by atoms with E-state index in [1.54, 1.807) is 0 Å². The van der Waals surface area contributed by atoms with Crippen LogP contribution in [0.4, 0.5) is 0 Å². The van der Waals surface area contributed by atoms with Crippen molar-refractivity contribution in [3.63, 3.8) is 0 Å². The Bertz CT molecular complexity index is 416. The third kappa shape index (κ3) is 14.5. The van der Waals surface area contributed by atoms with Crippen molar-refractivity contribution < 1.29 is 0 Å². The van der Waals surface area contributed by atoms with E-state index in [-0.39, 0.29) is 29.5 Å². The maximum absolute atomic E-state index is 3.72. The highest BCUT2D eigenvalue weighted by Crippen LogP contribution is 2.19. The molecule has 0 saturated heterocycles. The van der Waals surface area contributed by atoms with Crippen molar-refractivity contribution in [2.24, 2.45) is 0 Å². The summed E-state index contributed by atoms with van der Waals surface area (Å²) in [4.78, 5) is 0. The zero-order valence-electron chi connectivity index (χ0n) is 18.4. The van der Waals surface area contributed by atoms with E-state index in [1.165, 1.54) is 95.5 Å². The molecule has 2 heteroatoms. The van der Waals surface area contributed by atoms with Crippen LogP contribution in [0.25, 0.3) is 0 Å². The molecule has 0 spiro atoms. The molecule has 1 aromatic rings. The van der Waals surface area contributed by atoms with Crippen LogP contribution in [0.1, 0.15) is 116 Å². The van der Waals surface area contributed by atoms with Crippen molar-refractivity contribution >= 4 is 24.0 Å². The molecular formula is C25H46IN. The van der Waals surface area contributed by atoms with Crippen LogP contribution in [0.5, 0.6) is 0 Å². The molecule has 0 atom stereocenters. The molecule has 1 aromatic carbocycles. The van der Waals surface area contributed by atoms with Crippen LogP contribution in [0.3, 0.4) is 0 Å². The number of rotatable bonds is 17. The largest absolute Gasteiger partial charge is 0.308 e. The summed E-state index contributed by atoms with van der Waals surface area (Å²) in [5.74, 6) is 0. The fourth-order valence-electron chi connectivity index (χ4n) is 3.68. The second kappa shape index (κ2) is 18.0. The van der Waals surface area contributed by atoms with Gasteiger partial charge in [-0.2, -0.15) is 0 Å². The monoisotopic (exact) mass is 487 g/mol. The Hall–Kier alpha value is -0.0900. The zero-order chi connectivity index (χ0) is 18.9. The van der Waals surface area contributed by atoms with Crippen LogP contribution in [0, 0.1) is 0 Å². The van der Waals surface area contributed by atoms with Crippen LogP contribution in [0.2, 0.25) is 0 Å². The standard InChI is InChI=1S/C25H45N.HI/c1-4-5-6-7-8-9-10-11-12-13-14-15-16-20-23-26-25(2,3)24-21-18-17-19-22-24;/h17-19,21-22,26H,4-16,20,23H2,1-3H3;1H. The molecular weight excluding hydrogens is 441 g/mol. The van der Waals surface area contributed by atoms with E-state index in [9.17, 15) is 0 Å². The summed E-state index contributed by atoms with van der Waals surface area (Å²) in [5.41, 5.74) is 1.46. The normalized spacial score (nSPS) is 11.4. The van der Waals surface area contributed by atoms with Gasteiger partial charge in [0.15, 0.2) is 0 Å². The third-order valence-corrected chi connectivity index (χ3v) is 5.59. The molecule has 1 nitrogen and oxygen atoms in total. The lowest BCUT2D eigenvalue weighted by molar-refractivity contribution is 0.394. The van der Waals surface area contributed by atoms with Crippen LogP contribution in [-0.2, 0) is 5.54 Å². The highest BCUT2D eigenvalue weighted by atomic mass is 127. The summed E-state index contributed by atoms with van der Waals surface area (Å²) in [7, 11) is 0.